The van der Waals surface area contributed by atoms with Gasteiger partial charge in [0.25, 0.3) is 5.92 Å². The van der Waals surface area contributed by atoms with E-state index in [2.05, 4.69) is 10.3 Å². The molecule has 0 bridgehead atoms. The number of aromatic nitrogens is 1. The Morgan fingerprint density at radius 2 is 1.92 bits per heavy atom. The summed E-state index contributed by atoms with van der Waals surface area (Å²) in [6, 6.07) is 8.86. The first kappa shape index (κ1) is 28.2. The molecule has 0 spiro atoms. The van der Waals surface area contributed by atoms with Crippen molar-refractivity contribution in [2.24, 2.45) is 5.41 Å². The number of carbonyl (C=O) groups excluding carboxylic acids is 2. The fraction of sp³-hybridized carbons (Fsp3) is 0.536. The smallest absolute Gasteiger partial charge is 0.251 e. The number of aryl methyl sites for hydroxylation is 1. The molecule has 196 valence electrons. The highest BCUT2D eigenvalue weighted by atomic mass is 35.5. The van der Waals surface area contributed by atoms with Crippen LogP contribution in [0.5, 0.6) is 0 Å². The Balaban J connectivity index is 1.70. The highest BCUT2D eigenvalue weighted by Gasteiger charge is 2.63. The lowest BCUT2D eigenvalue weighted by Gasteiger charge is -2.32. The minimum atomic E-state index is -2.89. The molecule has 1 heterocycles. The van der Waals surface area contributed by atoms with E-state index in [0.717, 1.165) is 18.2 Å². The van der Waals surface area contributed by atoms with Crippen LogP contribution in [-0.4, -0.2) is 54.2 Å². The van der Waals surface area contributed by atoms with Crippen molar-refractivity contribution in [2.75, 3.05) is 20.6 Å². The molecule has 3 rings (SSSR count). The Kier molecular flexibility index (Phi) is 8.88. The van der Waals surface area contributed by atoms with E-state index in [4.69, 9.17) is 11.6 Å². The average Bonchev–Trinajstić information content (AvgIpc) is 3.63. The maximum atomic E-state index is 14.6. The zero-order valence-electron chi connectivity index (χ0n) is 21.7. The lowest BCUT2D eigenvalue weighted by molar-refractivity contribution is -0.123. The quantitative estimate of drug-likeness (QED) is 0.358. The molecular formula is C28H36ClF2N3O2. The second kappa shape index (κ2) is 11.3. The number of ketones is 1. The van der Waals surface area contributed by atoms with E-state index in [9.17, 15) is 18.4 Å². The van der Waals surface area contributed by atoms with Crippen LogP contribution >= 0.6 is 11.6 Å². The monoisotopic (exact) mass is 519 g/mol. The third kappa shape index (κ3) is 6.48. The Hall–Kier alpha value is -2.38. The van der Waals surface area contributed by atoms with E-state index in [-0.39, 0.29) is 24.2 Å². The molecule has 0 saturated heterocycles. The van der Waals surface area contributed by atoms with Gasteiger partial charge in [0.2, 0.25) is 5.91 Å². The summed E-state index contributed by atoms with van der Waals surface area (Å²) in [5.74, 6) is -3.74. The van der Waals surface area contributed by atoms with Gasteiger partial charge in [0.1, 0.15) is 0 Å². The van der Waals surface area contributed by atoms with Crippen molar-refractivity contribution in [1.29, 1.82) is 0 Å². The molecule has 0 radical (unpaired) electrons. The van der Waals surface area contributed by atoms with E-state index in [1.807, 2.05) is 45.0 Å². The van der Waals surface area contributed by atoms with E-state index >= 15 is 0 Å². The number of halogens is 3. The van der Waals surface area contributed by atoms with E-state index < -0.39 is 17.3 Å². The molecule has 1 amide bonds. The second-order valence-electron chi connectivity index (χ2n) is 10.2. The largest absolute Gasteiger partial charge is 0.355 e. The maximum absolute atomic E-state index is 14.6. The Morgan fingerprint density at radius 3 is 2.42 bits per heavy atom. The number of amides is 1. The number of hydrogen-bond acceptors (Lipinski definition) is 4. The summed E-state index contributed by atoms with van der Waals surface area (Å²) in [5.41, 5.74) is 1.72. The molecule has 1 saturated carbocycles. The lowest BCUT2D eigenvalue weighted by Crippen LogP contribution is -2.43. The average molecular weight is 520 g/mol. The van der Waals surface area contributed by atoms with Gasteiger partial charge in [-0.25, -0.2) is 8.78 Å². The molecule has 1 aromatic heterocycles. The summed E-state index contributed by atoms with van der Waals surface area (Å²) in [6.07, 6.45) is 3.34. The van der Waals surface area contributed by atoms with E-state index in [1.54, 1.807) is 24.4 Å². The van der Waals surface area contributed by atoms with Gasteiger partial charge in [-0.3, -0.25) is 14.6 Å². The SMILES string of the molecule is CCC(=O)c1ccc(C[C@@H](CNC(=O)C[C@H](c2ccc(C)nc2)C2(C(C)(F)F)CC2)N(C)C)c(Cl)c1. The van der Waals surface area contributed by atoms with Gasteiger partial charge < -0.3 is 10.2 Å². The normalized spacial score (nSPS) is 16.5. The molecule has 1 aliphatic rings. The topological polar surface area (TPSA) is 62.3 Å². The number of likely N-dealkylation sites (N-methyl/N-ethyl adjacent to an activating group) is 1. The van der Waals surface area contributed by atoms with Crippen LogP contribution in [0.4, 0.5) is 8.78 Å². The van der Waals surface area contributed by atoms with Crippen LogP contribution in [0.3, 0.4) is 0 Å². The van der Waals surface area contributed by atoms with Crippen LogP contribution in [-0.2, 0) is 11.2 Å². The van der Waals surface area contributed by atoms with E-state index in [0.29, 0.717) is 48.4 Å². The van der Waals surface area contributed by atoms with Gasteiger partial charge in [-0.2, -0.15) is 0 Å². The van der Waals surface area contributed by atoms with Gasteiger partial charge in [-0.15, -0.1) is 0 Å². The van der Waals surface area contributed by atoms with Crippen molar-refractivity contribution in [2.45, 2.75) is 70.8 Å². The molecule has 0 unspecified atom stereocenters. The molecule has 8 heteroatoms. The van der Waals surface area contributed by atoms with Gasteiger partial charge in [-0.1, -0.05) is 36.7 Å². The zero-order valence-corrected chi connectivity index (χ0v) is 22.5. The molecular weight excluding hydrogens is 484 g/mol. The number of benzene rings is 1. The first-order valence-corrected chi connectivity index (χ1v) is 12.8. The highest BCUT2D eigenvalue weighted by Crippen LogP contribution is 2.65. The van der Waals surface area contributed by atoms with Gasteiger partial charge in [-0.05, 0) is 70.5 Å². The number of rotatable bonds is 12. The predicted molar refractivity (Wildman–Crippen MR) is 139 cm³/mol. The number of alkyl halides is 2. The number of pyridine rings is 1. The number of nitrogens with zero attached hydrogens (tertiary/aromatic N) is 2. The zero-order chi connectivity index (χ0) is 26.7. The van der Waals surface area contributed by atoms with Crippen molar-refractivity contribution in [3.63, 3.8) is 0 Å². The maximum Gasteiger partial charge on any atom is 0.251 e. The summed E-state index contributed by atoms with van der Waals surface area (Å²) in [4.78, 5) is 31.3. The lowest BCUT2D eigenvalue weighted by atomic mass is 9.77. The van der Waals surface area contributed by atoms with Gasteiger partial charge in [0, 0.05) is 59.2 Å². The fourth-order valence-corrected chi connectivity index (χ4v) is 5.07. The molecule has 2 atom stereocenters. The Bertz CT molecular complexity index is 1080. The van der Waals surface area contributed by atoms with Crippen LogP contribution in [0.2, 0.25) is 5.02 Å². The van der Waals surface area contributed by atoms with Crippen LogP contribution in [0.1, 0.15) is 72.6 Å². The van der Waals surface area contributed by atoms with Crippen molar-refractivity contribution >= 4 is 23.3 Å². The minimum absolute atomic E-state index is 0.0249. The molecule has 36 heavy (non-hydrogen) atoms. The standard InChI is InChI=1S/C28H36ClF2N3O2/c1-6-25(35)20-10-9-19(24(29)14-20)13-22(34(4)5)17-33-26(36)15-23(21-8-7-18(2)32-16-21)28(11-12-28)27(3,30)31/h7-10,14,16,22-23H,6,11-13,15,17H2,1-5H3,(H,33,36)/t22-,23+/m0/s1. The third-order valence-electron chi connectivity index (χ3n) is 7.47. The van der Waals surface area contributed by atoms with Crippen molar-refractivity contribution in [3.8, 4) is 0 Å². The molecule has 1 fully saturated rings. The summed E-state index contributed by atoms with van der Waals surface area (Å²) in [5, 5.41) is 3.48. The Morgan fingerprint density at radius 1 is 1.22 bits per heavy atom. The number of carbonyl (C=O) groups is 2. The summed E-state index contributed by atoms with van der Waals surface area (Å²) >= 11 is 6.45. The minimum Gasteiger partial charge on any atom is -0.355 e. The first-order chi connectivity index (χ1) is 16.9. The number of Topliss-reactive ketones (excluding diaryl/α,β-unsaturated/α-hetero) is 1. The highest BCUT2D eigenvalue weighted by molar-refractivity contribution is 6.31. The van der Waals surface area contributed by atoms with Gasteiger partial charge >= 0.3 is 0 Å². The second-order valence-corrected chi connectivity index (χ2v) is 10.6. The van der Waals surface area contributed by atoms with Crippen molar-refractivity contribution in [3.05, 3.63) is 63.9 Å². The third-order valence-corrected chi connectivity index (χ3v) is 7.82. The van der Waals surface area contributed by atoms with Crippen molar-refractivity contribution < 1.29 is 18.4 Å². The Labute approximate surface area is 217 Å². The van der Waals surface area contributed by atoms with E-state index in [1.165, 1.54) is 0 Å². The summed E-state index contributed by atoms with van der Waals surface area (Å²) in [7, 11) is 3.83. The first-order valence-electron chi connectivity index (χ1n) is 12.4. The van der Waals surface area contributed by atoms with Crippen LogP contribution in [0.15, 0.2) is 36.5 Å². The summed E-state index contributed by atoms with van der Waals surface area (Å²) in [6.45, 7) is 4.95. The van der Waals surface area contributed by atoms with Crippen LogP contribution < -0.4 is 5.32 Å². The van der Waals surface area contributed by atoms with Crippen LogP contribution in [0, 0.1) is 12.3 Å². The molecule has 0 aliphatic heterocycles. The molecule has 2 aromatic rings. The molecule has 1 N–H and O–H groups in total. The number of nitrogens with one attached hydrogen (secondary N) is 1. The molecule has 5 nitrogen and oxygen atoms in total. The summed E-state index contributed by atoms with van der Waals surface area (Å²) < 4.78 is 29.3. The molecule has 1 aliphatic carbocycles. The van der Waals surface area contributed by atoms with Gasteiger partial charge in [0.15, 0.2) is 5.78 Å². The van der Waals surface area contributed by atoms with Crippen molar-refractivity contribution in [1.82, 2.24) is 15.2 Å². The predicted octanol–water partition coefficient (Wildman–Crippen LogP) is 5.83. The van der Waals surface area contributed by atoms with Crippen LogP contribution in [0.25, 0.3) is 0 Å². The number of hydrogen-bond donors (Lipinski definition) is 1. The van der Waals surface area contributed by atoms with Gasteiger partial charge in [0.05, 0.1) is 0 Å². The molecule has 1 aromatic carbocycles. The fourth-order valence-electron chi connectivity index (χ4n) is 4.82.